The minimum atomic E-state index is 0. The van der Waals surface area contributed by atoms with Crippen molar-refractivity contribution in [1.82, 2.24) is 15.5 Å². The van der Waals surface area contributed by atoms with E-state index in [0.717, 1.165) is 38.6 Å². The molecule has 1 amide bonds. The number of carbonyl (C=O) groups is 1. The number of amides is 1. The molecule has 1 saturated heterocycles. The third-order valence-electron chi connectivity index (χ3n) is 4.68. The summed E-state index contributed by atoms with van der Waals surface area (Å²) < 4.78 is 0. The summed E-state index contributed by atoms with van der Waals surface area (Å²) in [5.41, 5.74) is 0. The van der Waals surface area contributed by atoms with Gasteiger partial charge in [0.05, 0.1) is 0 Å². The van der Waals surface area contributed by atoms with Gasteiger partial charge < -0.3 is 15.5 Å². The second kappa shape index (κ2) is 11.5. The van der Waals surface area contributed by atoms with Crippen molar-refractivity contribution >= 4 is 30.7 Å². The Morgan fingerprint density at radius 3 is 2.57 bits per heavy atom. The molecule has 2 N–H and O–H groups in total. The molecule has 4 nitrogen and oxygen atoms in total. The van der Waals surface area contributed by atoms with Gasteiger partial charge in [-0.15, -0.1) is 24.8 Å². The molecule has 1 unspecified atom stereocenters. The predicted octanol–water partition coefficient (Wildman–Crippen LogP) is 2.21. The van der Waals surface area contributed by atoms with E-state index < -0.39 is 0 Å². The van der Waals surface area contributed by atoms with Crippen LogP contribution < -0.4 is 10.6 Å². The Hall–Kier alpha value is -0.0300. The minimum absolute atomic E-state index is 0. The Morgan fingerprint density at radius 2 is 1.95 bits per heavy atom. The molecule has 1 heterocycles. The third kappa shape index (κ3) is 7.68. The van der Waals surface area contributed by atoms with Gasteiger partial charge >= 0.3 is 0 Å². The average molecular weight is 340 g/mol. The van der Waals surface area contributed by atoms with Crippen LogP contribution in [0.4, 0.5) is 0 Å². The Labute approximate surface area is 141 Å². The van der Waals surface area contributed by atoms with E-state index in [-0.39, 0.29) is 30.7 Å². The summed E-state index contributed by atoms with van der Waals surface area (Å²) in [6.07, 6.45) is 8.38. The fourth-order valence-electron chi connectivity index (χ4n) is 3.28. The van der Waals surface area contributed by atoms with E-state index in [1.807, 2.05) is 0 Å². The molecule has 2 rings (SSSR count). The lowest BCUT2D eigenvalue weighted by Gasteiger charge is -2.23. The van der Waals surface area contributed by atoms with Gasteiger partial charge in [0.1, 0.15) is 0 Å². The molecule has 1 saturated carbocycles. The number of rotatable bonds is 7. The van der Waals surface area contributed by atoms with Gasteiger partial charge in [-0.25, -0.2) is 0 Å². The van der Waals surface area contributed by atoms with Gasteiger partial charge in [-0.05, 0) is 51.7 Å². The summed E-state index contributed by atoms with van der Waals surface area (Å²) in [5, 5.41) is 6.41. The van der Waals surface area contributed by atoms with Crippen molar-refractivity contribution in [3.63, 3.8) is 0 Å². The normalized spacial score (nSPS) is 21.9. The number of nitrogens with zero attached hydrogens (tertiary/aromatic N) is 1. The lowest BCUT2D eigenvalue weighted by molar-refractivity contribution is -0.121. The first-order chi connectivity index (χ1) is 9.25. The van der Waals surface area contributed by atoms with Gasteiger partial charge in [0.2, 0.25) is 5.91 Å². The molecular formula is C15H31Cl2N3O. The van der Waals surface area contributed by atoms with Gasteiger partial charge in [0.25, 0.3) is 0 Å². The first-order valence-corrected chi connectivity index (χ1v) is 7.93. The molecular weight excluding hydrogens is 309 g/mol. The maximum absolute atomic E-state index is 11.8. The molecule has 0 bridgehead atoms. The molecule has 0 spiro atoms. The van der Waals surface area contributed by atoms with Gasteiger partial charge in [0.15, 0.2) is 0 Å². The molecule has 21 heavy (non-hydrogen) atoms. The smallest absolute Gasteiger partial charge is 0.220 e. The predicted molar refractivity (Wildman–Crippen MR) is 92.6 cm³/mol. The molecule has 1 atom stereocenters. The van der Waals surface area contributed by atoms with Gasteiger partial charge in [-0.1, -0.05) is 12.8 Å². The Bertz CT molecular complexity index is 280. The van der Waals surface area contributed by atoms with E-state index >= 15 is 0 Å². The van der Waals surface area contributed by atoms with E-state index in [2.05, 4.69) is 22.6 Å². The molecule has 1 aliphatic carbocycles. The number of likely N-dealkylation sites (N-methyl/N-ethyl adjacent to an activating group) is 1. The zero-order valence-electron chi connectivity index (χ0n) is 13.1. The zero-order valence-corrected chi connectivity index (χ0v) is 14.7. The molecule has 1 aliphatic heterocycles. The van der Waals surface area contributed by atoms with Crippen molar-refractivity contribution in [2.75, 3.05) is 33.2 Å². The van der Waals surface area contributed by atoms with E-state index in [4.69, 9.17) is 0 Å². The quantitative estimate of drug-likeness (QED) is 0.747. The van der Waals surface area contributed by atoms with E-state index in [1.165, 1.54) is 32.1 Å². The molecule has 0 aromatic carbocycles. The van der Waals surface area contributed by atoms with Crippen molar-refractivity contribution in [2.45, 2.75) is 51.0 Å². The molecule has 126 valence electrons. The van der Waals surface area contributed by atoms with Gasteiger partial charge in [0, 0.05) is 25.6 Å². The highest BCUT2D eigenvalue weighted by molar-refractivity contribution is 5.85. The lowest BCUT2D eigenvalue weighted by atomic mass is 10.0. The first-order valence-electron chi connectivity index (χ1n) is 7.93. The van der Waals surface area contributed by atoms with Crippen LogP contribution in [0.3, 0.4) is 0 Å². The van der Waals surface area contributed by atoms with Crippen LogP contribution in [0.1, 0.15) is 44.9 Å². The standard InChI is InChI=1S/C15H29N3O.2ClH/c1-18(14-4-2-3-5-14)11-10-17-15(19)7-6-13-8-9-16-12-13;;/h13-14,16H,2-12H2,1H3,(H,17,19);2*1H. The largest absolute Gasteiger partial charge is 0.355 e. The van der Waals surface area contributed by atoms with Crippen molar-refractivity contribution in [3.8, 4) is 0 Å². The number of carbonyl (C=O) groups excluding carboxylic acids is 1. The van der Waals surface area contributed by atoms with Crippen LogP contribution in [0.25, 0.3) is 0 Å². The average Bonchev–Trinajstić information content (AvgIpc) is 3.09. The van der Waals surface area contributed by atoms with Crippen LogP contribution >= 0.6 is 24.8 Å². The summed E-state index contributed by atoms with van der Waals surface area (Å²) in [6.45, 7) is 4.01. The Balaban J connectivity index is 0.00000200. The van der Waals surface area contributed by atoms with Crippen molar-refractivity contribution in [3.05, 3.63) is 0 Å². The van der Waals surface area contributed by atoms with Crippen LogP contribution in [-0.2, 0) is 4.79 Å². The summed E-state index contributed by atoms with van der Waals surface area (Å²) in [4.78, 5) is 14.2. The fourth-order valence-corrected chi connectivity index (χ4v) is 3.28. The highest BCUT2D eigenvalue weighted by Gasteiger charge is 2.19. The van der Waals surface area contributed by atoms with Crippen molar-refractivity contribution < 1.29 is 4.79 Å². The van der Waals surface area contributed by atoms with Gasteiger partial charge in [-0.3, -0.25) is 4.79 Å². The van der Waals surface area contributed by atoms with E-state index in [0.29, 0.717) is 12.3 Å². The monoisotopic (exact) mass is 339 g/mol. The van der Waals surface area contributed by atoms with Gasteiger partial charge in [-0.2, -0.15) is 0 Å². The molecule has 0 aromatic heterocycles. The number of halogens is 2. The van der Waals surface area contributed by atoms with Crippen molar-refractivity contribution in [2.24, 2.45) is 5.92 Å². The highest BCUT2D eigenvalue weighted by atomic mass is 35.5. The number of hydrogen-bond acceptors (Lipinski definition) is 3. The third-order valence-corrected chi connectivity index (χ3v) is 4.68. The lowest BCUT2D eigenvalue weighted by Crippen LogP contribution is -2.37. The van der Waals surface area contributed by atoms with Crippen LogP contribution in [-0.4, -0.2) is 50.1 Å². The topological polar surface area (TPSA) is 44.4 Å². The zero-order chi connectivity index (χ0) is 13.5. The summed E-state index contributed by atoms with van der Waals surface area (Å²) in [7, 11) is 2.19. The number of hydrogen-bond donors (Lipinski definition) is 2. The van der Waals surface area contributed by atoms with Crippen LogP contribution in [0.2, 0.25) is 0 Å². The SMILES string of the molecule is CN(CCNC(=O)CCC1CCNC1)C1CCCC1.Cl.Cl. The van der Waals surface area contributed by atoms with Crippen LogP contribution in [0.15, 0.2) is 0 Å². The summed E-state index contributed by atoms with van der Waals surface area (Å²) in [6, 6.07) is 0.751. The van der Waals surface area contributed by atoms with E-state index in [9.17, 15) is 4.79 Å². The molecule has 0 radical (unpaired) electrons. The maximum atomic E-state index is 11.8. The molecule has 0 aromatic rings. The summed E-state index contributed by atoms with van der Waals surface area (Å²) >= 11 is 0. The Kier molecular flexibility index (Phi) is 11.5. The maximum Gasteiger partial charge on any atom is 0.220 e. The second-order valence-electron chi connectivity index (χ2n) is 6.17. The van der Waals surface area contributed by atoms with Crippen molar-refractivity contribution in [1.29, 1.82) is 0 Å². The Morgan fingerprint density at radius 1 is 1.24 bits per heavy atom. The second-order valence-corrected chi connectivity index (χ2v) is 6.17. The minimum Gasteiger partial charge on any atom is -0.355 e. The van der Waals surface area contributed by atoms with Crippen LogP contribution in [0.5, 0.6) is 0 Å². The highest BCUT2D eigenvalue weighted by Crippen LogP contribution is 2.21. The molecule has 2 aliphatic rings. The van der Waals surface area contributed by atoms with E-state index in [1.54, 1.807) is 0 Å². The van der Waals surface area contributed by atoms with Crippen LogP contribution in [0, 0.1) is 5.92 Å². The number of nitrogens with one attached hydrogen (secondary N) is 2. The first kappa shape index (κ1) is 21.0. The molecule has 6 heteroatoms. The summed E-state index contributed by atoms with van der Waals surface area (Å²) in [5.74, 6) is 0.943. The fraction of sp³-hybridized carbons (Fsp3) is 0.933. The molecule has 2 fully saturated rings.